The summed E-state index contributed by atoms with van der Waals surface area (Å²) < 4.78 is 0. The lowest BCUT2D eigenvalue weighted by atomic mass is 10.1. The molecule has 0 radical (unpaired) electrons. The maximum absolute atomic E-state index is 10.9. The van der Waals surface area contributed by atoms with Gasteiger partial charge in [0.05, 0.1) is 0 Å². The Morgan fingerprint density at radius 2 is 1.77 bits per heavy atom. The summed E-state index contributed by atoms with van der Waals surface area (Å²) in [7, 11) is 1.37. The molecule has 0 bridgehead atoms. The van der Waals surface area contributed by atoms with Crippen LogP contribution in [0.3, 0.4) is 0 Å². The maximum atomic E-state index is 10.9. The van der Waals surface area contributed by atoms with Gasteiger partial charge in [0.2, 0.25) is 5.91 Å². The van der Waals surface area contributed by atoms with Crippen molar-refractivity contribution >= 4 is 21.8 Å². The van der Waals surface area contributed by atoms with Gasteiger partial charge in [0, 0.05) is 18.8 Å². The Balaban J connectivity index is 3.12. The fourth-order valence-electron chi connectivity index (χ4n) is 1.06. The minimum absolute atomic E-state index is 0.194. The third kappa shape index (κ3) is 8.25. The average molecular weight is 252 g/mol. The van der Waals surface area contributed by atoms with Crippen LogP contribution < -0.4 is 0 Å². The van der Waals surface area contributed by atoms with Gasteiger partial charge in [-0.1, -0.05) is 35.2 Å². The number of amides is 1. The van der Waals surface area contributed by atoms with E-state index in [2.05, 4.69) is 15.9 Å². The number of hydrogen-bond donors (Lipinski definition) is 1. The number of nitrogens with zero attached hydrogens (tertiary/aromatic N) is 1. The van der Waals surface area contributed by atoms with Crippen molar-refractivity contribution in [3.05, 3.63) is 0 Å². The SMILES string of the molecule is CN(O)C(=O)CCCCCCCBr. The van der Waals surface area contributed by atoms with Gasteiger partial charge in [-0.15, -0.1) is 0 Å². The van der Waals surface area contributed by atoms with E-state index in [9.17, 15) is 4.79 Å². The minimum atomic E-state index is -0.194. The Morgan fingerprint density at radius 1 is 1.23 bits per heavy atom. The molecule has 0 fully saturated rings. The zero-order valence-corrected chi connectivity index (χ0v) is 9.72. The van der Waals surface area contributed by atoms with E-state index < -0.39 is 0 Å². The molecule has 0 aliphatic heterocycles. The molecule has 1 N–H and O–H groups in total. The highest BCUT2D eigenvalue weighted by Gasteiger charge is 2.03. The van der Waals surface area contributed by atoms with E-state index in [1.54, 1.807) is 0 Å². The van der Waals surface area contributed by atoms with Crippen LogP contribution >= 0.6 is 15.9 Å². The first-order valence-electron chi connectivity index (χ1n) is 4.70. The molecule has 0 aliphatic rings. The molecular formula is C9H18BrNO2. The fourth-order valence-corrected chi connectivity index (χ4v) is 1.46. The molecule has 4 heteroatoms. The first kappa shape index (κ1) is 12.9. The summed E-state index contributed by atoms with van der Waals surface area (Å²) in [6, 6.07) is 0. The normalized spacial score (nSPS) is 10.1. The van der Waals surface area contributed by atoms with Crippen LogP contribution in [0.4, 0.5) is 0 Å². The van der Waals surface area contributed by atoms with Crippen molar-refractivity contribution in [1.82, 2.24) is 5.06 Å². The summed E-state index contributed by atoms with van der Waals surface area (Å²) >= 11 is 3.37. The van der Waals surface area contributed by atoms with Crippen molar-refractivity contribution in [1.29, 1.82) is 0 Å². The van der Waals surface area contributed by atoms with Crippen LogP contribution in [-0.4, -0.2) is 28.6 Å². The van der Waals surface area contributed by atoms with Crippen molar-refractivity contribution in [2.75, 3.05) is 12.4 Å². The summed E-state index contributed by atoms with van der Waals surface area (Å²) in [6.45, 7) is 0. The molecular weight excluding hydrogens is 234 g/mol. The molecule has 0 aromatic rings. The van der Waals surface area contributed by atoms with Crippen LogP contribution in [0.5, 0.6) is 0 Å². The number of rotatable bonds is 7. The third-order valence-corrected chi connectivity index (χ3v) is 2.45. The van der Waals surface area contributed by atoms with E-state index in [4.69, 9.17) is 5.21 Å². The Morgan fingerprint density at radius 3 is 2.31 bits per heavy atom. The maximum Gasteiger partial charge on any atom is 0.245 e. The van der Waals surface area contributed by atoms with Gasteiger partial charge in [-0.25, -0.2) is 5.06 Å². The van der Waals surface area contributed by atoms with Crippen LogP contribution in [0, 0.1) is 0 Å². The van der Waals surface area contributed by atoms with Gasteiger partial charge >= 0.3 is 0 Å². The van der Waals surface area contributed by atoms with Crippen LogP contribution in [0.2, 0.25) is 0 Å². The lowest BCUT2D eigenvalue weighted by molar-refractivity contribution is -0.159. The number of carbonyl (C=O) groups excluding carboxylic acids is 1. The molecule has 1 amide bonds. The second-order valence-electron chi connectivity index (χ2n) is 3.12. The standard InChI is InChI=1S/C9H18BrNO2/c1-11(13)9(12)7-5-3-2-4-6-8-10/h13H,2-8H2,1H3. The van der Waals surface area contributed by atoms with E-state index in [0.717, 1.165) is 18.2 Å². The van der Waals surface area contributed by atoms with Crippen molar-refractivity contribution in [2.24, 2.45) is 0 Å². The van der Waals surface area contributed by atoms with E-state index in [1.165, 1.54) is 26.3 Å². The second kappa shape index (κ2) is 8.51. The molecule has 0 atom stereocenters. The molecule has 0 saturated carbocycles. The van der Waals surface area contributed by atoms with Crippen molar-refractivity contribution < 1.29 is 10.0 Å². The summed E-state index contributed by atoms with van der Waals surface area (Å²) in [5, 5.41) is 10.5. The van der Waals surface area contributed by atoms with Gasteiger partial charge in [0.25, 0.3) is 0 Å². The van der Waals surface area contributed by atoms with E-state index >= 15 is 0 Å². The fraction of sp³-hybridized carbons (Fsp3) is 0.889. The number of hydrogen-bond acceptors (Lipinski definition) is 2. The van der Waals surface area contributed by atoms with Crippen molar-refractivity contribution in [3.8, 4) is 0 Å². The van der Waals surface area contributed by atoms with E-state index in [0.29, 0.717) is 11.5 Å². The van der Waals surface area contributed by atoms with E-state index in [1.807, 2.05) is 0 Å². The van der Waals surface area contributed by atoms with Gasteiger partial charge in [0.15, 0.2) is 0 Å². The average Bonchev–Trinajstić information content (AvgIpc) is 2.10. The number of unbranched alkanes of at least 4 members (excludes halogenated alkanes) is 4. The van der Waals surface area contributed by atoms with Crippen LogP contribution in [-0.2, 0) is 4.79 Å². The Hall–Kier alpha value is -0.0900. The Bertz CT molecular complexity index is 140. The monoisotopic (exact) mass is 251 g/mol. The van der Waals surface area contributed by atoms with Crippen LogP contribution in [0.1, 0.15) is 38.5 Å². The first-order valence-corrected chi connectivity index (χ1v) is 5.82. The predicted octanol–water partition coefficient (Wildman–Crippen LogP) is 2.57. The number of halogens is 1. The Kier molecular flexibility index (Phi) is 8.45. The topological polar surface area (TPSA) is 40.5 Å². The lowest BCUT2D eigenvalue weighted by Crippen LogP contribution is -2.21. The highest BCUT2D eigenvalue weighted by Crippen LogP contribution is 2.07. The van der Waals surface area contributed by atoms with Gasteiger partial charge in [-0.2, -0.15) is 0 Å². The van der Waals surface area contributed by atoms with E-state index in [-0.39, 0.29) is 5.91 Å². The van der Waals surface area contributed by atoms with Crippen LogP contribution in [0.25, 0.3) is 0 Å². The van der Waals surface area contributed by atoms with Gasteiger partial charge in [-0.3, -0.25) is 10.0 Å². The zero-order valence-electron chi connectivity index (χ0n) is 8.13. The molecule has 0 saturated heterocycles. The van der Waals surface area contributed by atoms with Gasteiger partial charge in [-0.05, 0) is 12.8 Å². The molecule has 0 aromatic heterocycles. The summed E-state index contributed by atoms with van der Waals surface area (Å²) in [4.78, 5) is 10.9. The molecule has 13 heavy (non-hydrogen) atoms. The number of carbonyl (C=O) groups is 1. The highest BCUT2D eigenvalue weighted by atomic mass is 79.9. The lowest BCUT2D eigenvalue weighted by Gasteiger charge is -2.07. The molecule has 0 spiro atoms. The second-order valence-corrected chi connectivity index (χ2v) is 3.92. The van der Waals surface area contributed by atoms with Gasteiger partial charge < -0.3 is 0 Å². The number of alkyl halides is 1. The smallest absolute Gasteiger partial charge is 0.245 e. The predicted molar refractivity (Wildman–Crippen MR) is 56.1 cm³/mol. The first-order chi connectivity index (χ1) is 6.18. The highest BCUT2D eigenvalue weighted by molar-refractivity contribution is 9.09. The molecule has 0 aliphatic carbocycles. The zero-order chi connectivity index (χ0) is 10.1. The molecule has 0 heterocycles. The van der Waals surface area contributed by atoms with Crippen molar-refractivity contribution in [3.63, 3.8) is 0 Å². The molecule has 0 rings (SSSR count). The summed E-state index contributed by atoms with van der Waals surface area (Å²) in [5.74, 6) is -0.194. The third-order valence-electron chi connectivity index (χ3n) is 1.89. The van der Waals surface area contributed by atoms with Gasteiger partial charge in [0.1, 0.15) is 0 Å². The molecule has 78 valence electrons. The molecule has 3 nitrogen and oxygen atoms in total. The Labute approximate surface area is 88.2 Å². The summed E-state index contributed by atoms with van der Waals surface area (Å²) in [5.41, 5.74) is 0. The largest absolute Gasteiger partial charge is 0.286 e. The molecule has 0 unspecified atom stereocenters. The van der Waals surface area contributed by atoms with Crippen molar-refractivity contribution in [2.45, 2.75) is 38.5 Å². The van der Waals surface area contributed by atoms with Crippen LogP contribution in [0.15, 0.2) is 0 Å². The summed E-state index contributed by atoms with van der Waals surface area (Å²) in [6.07, 6.45) is 6.01. The quantitative estimate of drug-likeness (QED) is 0.327. The number of hydroxylamine groups is 2. The minimum Gasteiger partial charge on any atom is -0.286 e. The molecule has 0 aromatic carbocycles.